The smallest absolute Gasteiger partial charge is 0.184 e. The van der Waals surface area contributed by atoms with E-state index in [-0.39, 0.29) is 10.9 Å². The maximum absolute atomic E-state index is 13.1. The molecular formula is C9H10FN3S. The highest BCUT2D eigenvalue weighted by Gasteiger charge is 1.98. The van der Waals surface area contributed by atoms with Gasteiger partial charge in [0.05, 0.1) is 6.21 Å². The Morgan fingerprint density at radius 3 is 3.00 bits per heavy atom. The fraction of sp³-hybridized carbons (Fsp3) is 0.111. The first-order valence-electron chi connectivity index (χ1n) is 3.94. The van der Waals surface area contributed by atoms with Gasteiger partial charge < -0.3 is 5.73 Å². The third-order valence-electron chi connectivity index (χ3n) is 1.53. The van der Waals surface area contributed by atoms with Crippen molar-refractivity contribution in [3.8, 4) is 0 Å². The van der Waals surface area contributed by atoms with E-state index in [0.717, 1.165) is 5.56 Å². The van der Waals surface area contributed by atoms with Gasteiger partial charge in [-0.05, 0) is 31.3 Å². The van der Waals surface area contributed by atoms with Gasteiger partial charge in [0.2, 0.25) is 0 Å². The van der Waals surface area contributed by atoms with Crippen LogP contribution in [-0.4, -0.2) is 11.3 Å². The number of nitrogens with two attached hydrogens (primary N) is 1. The molecule has 3 N–H and O–H groups in total. The highest BCUT2D eigenvalue weighted by Crippen LogP contribution is 2.07. The number of hydrazone groups is 1. The summed E-state index contributed by atoms with van der Waals surface area (Å²) in [5.41, 5.74) is 8.85. The molecule has 0 radical (unpaired) electrons. The van der Waals surface area contributed by atoms with Crippen molar-refractivity contribution in [1.82, 2.24) is 5.43 Å². The molecule has 1 aromatic rings. The van der Waals surface area contributed by atoms with E-state index in [1.807, 2.05) is 6.92 Å². The van der Waals surface area contributed by atoms with Gasteiger partial charge in [-0.1, -0.05) is 11.6 Å². The molecule has 0 saturated carbocycles. The average Bonchev–Trinajstić information content (AvgIpc) is 2.10. The van der Waals surface area contributed by atoms with Crippen molar-refractivity contribution >= 4 is 23.5 Å². The van der Waals surface area contributed by atoms with E-state index in [0.29, 0.717) is 5.56 Å². The molecule has 0 spiro atoms. The number of rotatable bonds is 2. The van der Waals surface area contributed by atoms with Crippen molar-refractivity contribution in [2.75, 3.05) is 0 Å². The zero-order valence-corrected chi connectivity index (χ0v) is 8.44. The molecule has 0 aliphatic heterocycles. The molecule has 14 heavy (non-hydrogen) atoms. The molecule has 0 bridgehead atoms. The van der Waals surface area contributed by atoms with Crippen molar-refractivity contribution in [3.05, 3.63) is 35.1 Å². The van der Waals surface area contributed by atoms with Crippen LogP contribution in [-0.2, 0) is 0 Å². The van der Waals surface area contributed by atoms with Crippen LogP contribution in [0.15, 0.2) is 23.3 Å². The molecule has 0 amide bonds. The van der Waals surface area contributed by atoms with Crippen LogP contribution in [0.1, 0.15) is 11.1 Å². The van der Waals surface area contributed by atoms with E-state index in [9.17, 15) is 4.39 Å². The van der Waals surface area contributed by atoms with Gasteiger partial charge in [0.15, 0.2) is 5.11 Å². The van der Waals surface area contributed by atoms with E-state index in [2.05, 4.69) is 22.7 Å². The Hall–Kier alpha value is -1.49. The predicted octanol–water partition coefficient (Wildman–Crippen LogP) is 1.30. The normalized spacial score (nSPS) is 10.4. The fourth-order valence-corrected chi connectivity index (χ4v) is 0.980. The molecule has 1 aromatic carbocycles. The van der Waals surface area contributed by atoms with E-state index in [4.69, 9.17) is 5.73 Å². The van der Waals surface area contributed by atoms with Crippen LogP contribution >= 0.6 is 12.2 Å². The fourth-order valence-electron chi connectivity index (χ4n) is 0.928. The lowest BCUT2D eigenvalue weighted by atomic mass is 10.1. The summed E-state index contributed by atoms with van der Waals surface area (Å²) < 4.78 is 13.1. The largest absolute Gasteiger partial charge is 0.375 e. The van der Waals surface area contributed by atoms with Crippen molar-refractivity contribution in [1.29, 1.82) is 0 Å². The minimum atomic E-state index is -0.330. The summed E-state index contributed by atoms with van der Waals surface area (Å²) >= 11 is 4.53. The van der Waals surface area contributed by atoms with Gasteiger partial charge in [0.1, 0.15) is 5.82 Å². The molecule has 0 unspecified atom stereocenters. The quantitative estimate of drug-likeness (QED) is 0.440. The van der Waals surface area contributed by atoms with E-state index in [1.54, 1.807) is 12.1 Å². The number of hydrogen-bond donors (Lipinski definition) is 2. The molecule has 0 aliphatic rings. The molecular weight excluding hydrogens is 201 g/mol. The van der Waals surface area contributed by atoms with E-state index >= 15 is 0 Å². The molecule has 0 heterocycles. The van der Waals surface area contributed by atoms with Crippen LogP contribution < -0.4 is 11.2 Å². The third kappa shape index (κ3) is 3.10. The molecule has 3 nitrogen and oxygen atoms in total. The minimum absolute atomic E-state index is 0.0503. The molecule has 0 fully saturated rings. The first-order valence-corrected chi connectivity index (χ1v) is 4.35. The molecule has 5 heteroatoms. The number of benzene rings is 1. The summed E-state index contributed by atoms with van der Waals surface area (Å²) in [6, 6.07) is 4.76. The molecule has 1 rings (SSSR count). The van der Waals surface area contributed by atoms with Gasteiger partial charge in [0.25, 0.3) is 0 Å². The minimum Gasteiger partial charge on any atom is -0.375 e. The second-order valence-electron chi connectivity index (χ2n) is 2.76. The number of nitrogens with zero attached hydrogens (tertiary/aromatic N) is 1. The van der Waals surface area contributed by atoms with Crippen molar-refractivity contribution in [2.45, 2.75) is 6.92 Å². The van der Waals surface area contributed by atoms with Crippen LogP contribution in [0.25, 0.3) is 0 Å². The Morgan fingerprint density at radius 2 is 2.36 bits per heavy atom. The monoisotopic (exact) mass is 211 g/mol. The number of nitrogens with one attached hydrogen (secondary N) is 1. The molecule has 0 aromatic heterocycles. The Labute approximate surface area is 86.8 Å². The number of aryl methyl sites for hydroxylation is 1. The lowest BCUT2D eigenvalue weighted by Crippen LogP contribution is -2.24. The average molecular weight is 211 g/mol. The summed E-state index contributed by atoms with van der Waals surface area (Å²) in [6.45, 7) is 1.87. The van der Waals surface area contributed by atoms with E-state index < -0.39 is 0 Å². The molecule has 0 atom stereocenters. The Morgan fingerprint density at radius 1 is 1.64 bits per heavy atom. The van der Waals surface area contributed by atoms with Crippen molar-refractivity contribution < 1.29 is 4.39 Å². The number of hydrogen-bond acceptors (Lipinski definition) is 2. The molecule has 0 saturated heterocycles. The zero-order chi connectivity index (χ0) is 10.6. The third-order valence-corrected chi connectivity index (χ3v) is 1.62. The highest BCUT2D eigenvalue weighted by atomic mass is 32.1. The van der Waals surface area contributed by atoms with E-state index in [1.165, 1.54) is 12.3 Å². The van der Waals surface area contributed by atoms with Gasteiger partial charge in [-0.2, -0.15) is 5.10 Å². The standard InChI is InChI=1S/C9H10FN3S/c1-6-2-3-8(10)7(4-6)5-12-13-9(11)14/h2-5H,1H3,(H3,11,13,14). The Balaban J connectivity index is 2.80. The first kappa shape index (κ1) is 10.6. The summed E-state index contributed by atoms with van der Waals surface area (Å²) in [6.07, 6.45) is 1.33. The van der Waals surface area contributed by atoms with Crippen LogP contribution in [0.5, 0.6) is 0 Å². The second kappa shape index (κ2) is 4.66. The highest BCUT2D eigenvalue weighted by molar-refractivity contribution is 7.80. The van der Waals surface area contributed by atoms with Gasteiger partial charge in [0, 0.05) is 5.56 Å². The Kier molecular flexibility index (Phi) is 3.53. The van der Waals surface area contributed by atoms with Gasteiger partial charge >= 0.3 is 0 Å². The van der Waals surface area contributed by atoms with Crippen LogP contribution in [0.3, 0.4) is 0 Å². The lowest BCUT2D eigenvalue weighted by Gasteiger charge is -1.98. The maximum atomic E-state index is 13.1. The predicted molar refractivity (Wildman–Crippen MR) is 58.7 cm³/mol. The lowest BCUT2D eigenvalue weighted by molar-refractivity contribution is 0.625. The SMILES string of the molecule is Cc1ccc(F)c(C=NNC(N)=S)c1. The van der Waals surface area contributed by atoms with Gasteiger partial charge in [-0.3, -0.25) is 5.43 Å². The topological polar surface area (TPSA) is 50.4 Å². The van der Waals surface area contributed by atoms with Crippen LogP contribution in [0, 0.1) is 12.7 Å². The van der Waals surface area contributed by atoms with Crippen molar-refractivity contribution in [2.24, 2.45) is 10.8 Å². The molecule has 0 aliphatic carbocycles. The first-order chi connectivity index (χ1) is 6.59. The maximum Gasteiger partial charge on any atom is 0.184 e. The second-order valence-corrected chi connectivity index (χ2v) is 3.20. The molecule has 74 valence electrons. The summed E-state index contributed by atoms with van der Waals surface area (Å²) in [4.78, 5) is 0. The Bertz CT molecular complexity index is 376. The zero-order valence-electron chi connectivity index (χ0n) is 7.62. The number of thiocarbonyl (C=S) groups is 1. The van der Waals surface area contributed by atoms with Gasteiger partial charge in [-0.15, -0.1) is 0 Å². The summed E-state index contributed by atoms with van der Waals surface area (Å²) in [5.74, 6) is -0.330. The van der Waals surface area contributed by atoms with Crippen LogP contribution in [0.4, 0.5) is 4.39 Å². The van der Waals surface area contributed by atoms with Crippen molar-refractivity contribution in [3.63, 3.8) is 0 Å². The summed E-state index contributed by atoms with van der Waals surface area (Å²) in [7, 11) is 0. The number of halogens is 1. The summed E-state index contributed by atoms with van der Waals surface area (Å²) in [5, 5.41) is 3.71. The van der Waals surface area contributed by atoms with Crippen LogP contribution in [0.2, 0.25) is 0 Å². The van der Waals surface area contributed by atoms with Gasteiger partial charge in [-0.25, -0.2) is 4.39 Å².